The van der Waals surface area contributed by atoms with Crippen molar-refractivity contribution >= 4 is 11.6 Å². The fraction of sp³-hybridized carbons (Fsp3) is 0.920. The van der Waals surface area contributed by atoms with Gasteiger partial charge in [0.25, 0.3) is 0 Å². The van der Waals surface area contributed by atoms with Gasteiger partial charge in [-0.3, -0.25) is 0 Å². The molecule has 0 bridgehead atoms. The van der Waals surface area contributed by atoms with E-state index in [1.165, 1.54) is 90.4 Å². The minimum absolute atomic E-state index is 0.372. The van der Waals surface area contributed by atoms with Crippen molar-refractivity contribution in [1.82, 2.24) is 10.2 Å². The van der Waals surface area contributed by atoms with Gasteiger partial charge in [-0.2, -0.15) is 0 Å². The van der Waals surface area contributed by atoms with Crippen LogP contribution >= 0.6 is 11.6 Å². The molecule has 2 nitrogen and oxygen atoms in total. The molecule has 2 unspecified atom stereocenters. The molecule has 1 heterocycles. The highest BCUT2D eigenvalue weighted by Crippen LogP contribution is 2.43. The van der Waals surface area contributed by atoms with Gasteiger partial charge in [-0.15, -0.1) is 11.6 Å². The first-order valence-corrected chi connectivity index (χ1v) is 12.7. The van der Waals surface area contributed by atoms with Crippen LogP contribution < -0.4 is 5.32 Å². The van der Waals surface area contributed by atoms with Gasteiger partial charge in [-0.05, 0) is 75.3 Å². The zero-order valence-electron chi connectivity index (χ0n) is 18.8. The second-order valence-electron chi connectivity index (χ2n) is 10.6. The van der Waals surface area contributed by atoms with Crippen molar-refractivity contribution in [1.29, 1.82) is 0 Å². The van der Waals surface area contributed by atoms with Crippen molar-refractivity contribution < 1.29 is 0 Å². The number of rotatable bonds is 9. The van der Waals surface area contributed by atoms with E-state index >= 15 is 0 Å². The molecule has 3 atom stereocenters. The Morgan fingerprint density at radius 1 is 1.21 bits per heavy atom. The molecule has 1 N–H and O–H groups in total. The van der Waals surface area contributed by atoms with Crippen LogP contribution in [-0.4, -0.2) is 42.5 Å². The number of likely N-dealkylation sites (tertiary alicyclic amines) is 1. The second kappa shape index (κ2) is 10.8. The molecule has 1 aliphatic heterocycles. The van der Waals surface area contributed by atoms with E-state index in [-0.39, 0.29) is 0 Å². The molecule has 3 heteroatoms. The van der Waals surface area contributed by atoms with Gasteiger partial charge >= 0.3 is 0 Å². The smallest absolute Gasteiger partial charge is 0.0373 e. The van der Waals surface area contributed by atoms with E-state index in [2.05, 4.69) is 37.1 Å². The van der Waals surface area contributed by atoms with Gasteiger partial charge in [0.2, 0.25) is 0 Å². The van der Waals surface area contributed by atoms with E-state index in [0.717, 1.165) is 18.3 Å². The van der Waals surface area contributed by atoms with Crippen LogP contribution in [-0.2, 0) is 0 Å². The van der Waals surface area contributed by atoms with E-state index in [9.17, 15) is 0 Å². The Morgan fingerprint density at radius 3 is 2.64 bits per heavy atom. The Labute approximate surface area is 179 Å². The summed E-state index contributed by atoms with van der Waals surface area (Å²) in [5.41, 5.74) is 2.09. The first-order chi connectivity index (χ1) is 13.5. The number of hydrogen-bond donors (Lipinski definition) is 1. The average molecular weight is 409 g/mol. The fourth-order valence-corrected chi connectivity index (χ4v) is 6.22. The Morgan fingerprint density at radius 2 is 2.00 bits per heavy atom. The van der Waals surface area contributed by atoms with E-state index in [1.807, 2.05) is 0 Å². The third kappa shape index (κ3) is 6.47. The van der Waals surface area contributed by atoms with Crippen LogP contribution in [0.4, 0.5) is 0 Å². The highest BCUT2D eigenvalue weighted by Gasteiger charge is 2.38. The number of nitrogens with zero attached hydrogens (tertiary/aromatic N) is 1. The number of halogens is 1. The minimum atomic E-state index is 0.372. The Balaban J connectivity index is 1.52. The van der Waals surface area contributed by atoms with Crippen molar-refractivity contribution in [3.63, 3.8) is 0 Å². The maximum atomic E-state index is 6.33. The molecule has 0 radical (unpaired) electrons. The van der Waals surface area contributed by atoms with Crippen LogP contribution in [0.5, 0.6) is 0 Å². The third-order valence-corrected chi connectivity index (χ3v) is 8.09. The first kappa shape index (κ1) is 22.6. The highest BCUT2D eigenvalue weighted by molar-refractivity contribution is 6.20. The predicted molar refractivity (Wildman–Crippen MR) is 123 cm³/mol. The fourth-order valence-electron chi connectivity index (χ4n) is 6.02. The molecular weight excluding hydrogens is 364 g/mol. The van der Waals surface area contributed by atoms with E-state index in [4.69, 9.17) is 11.6 Å². The normalized spacial score (nSPS) is 30.4. The number of unbranched alkanes of at least 4 members (excludes halogenated alkanes) is 1. The molecule has 3 aliphatic rings. The zero-order valence-corrected chi connectivity index (χ0v) is 19.6. The summed E-state index contributed by atoms with van der Waals surface area (Å²) in [6.45, 7) is 12.3. The van der Waals surface area contributed by atoms with Crippen LogP contribution in [0.1, 0.15) is 91.4 Å². The van der Waals surface area contributed by atoms with Crippen molar-refractivity contribution in [2.45, 2.75) is 103 Å². The second-order valence-corrected chi connectivity index (χ2v) is 11.2. The maximum Gasteiger partial charge on any atom is 0.0373 e. The first-order valence-electron chi connectivity index (χ1n) is 12.3. The lowest BCUT2D eigenvalue weighted by molar-refractivity contribution is 0.0627. The summed E-state index contributed by atoms with van der Waals surface area (Å²) in [7, 11) is 0. The molecule has 0 aromatic heterocycles. The van der Waals surface area contributed by atoms with Gasteiger partial charge in [0, 0.05) is 24.5 Å². The van der Waals surface area contributed by atoms with Gasteiger partial charge in [0.15, 0.2) is 0 Å². The summed E-state index contributed by atoms with van der Waals surface area (Å²) in [4.78, 5) is 2.77. The van der Waals surface area contributed by atoms with E-state index in [1.54, 1.807) is 5.57 Å². The maximum absolute atomic E-state index is 6.33. The zero-order chi connectivity index (χ0) is 20.0. The molecule has 0 spiro atoms. The van der Waals surface area contributed by atoms with E-state index < -0.39 is 0 Å². The van der Waals surface area contributed by atoms with Crippen molar-refractivity contribution in [3.05, 3.63) is 11.6 Å². The lowest BCUT2D eigenvalue weighted by atomic mass is 9.68. The monoisotopic (exact) mass is 408 g/mol. The number of nitrogens with one attached hydrogen (secondary N) is 1. The van der Waals surface area contributed by atoms with Crippen LogP contribution in [0.3, 0.4) is 0 Å². The molecule has 0 aromatic carbocycles. The molecule has 0 amide bonds. The largest absolute Gasteiger partial charge is 0.312 e. The van der Waals surface area contributed by atoms with E-state index in [0.29, 0.717) is 16.8 Å². The summed E-state index contributed by atoms with van der Waals surface area (Å²) in [5, 5.41) is 4.36. The molecule has 2 aliphatic carbocycles. The quantitative estimate of drug-likeness (QED) is 0.351. The lowest BCUT2D eigenvalue weighted by Crippen LogP contribution is -2.51. The van der Waals surface area contributed by atoms with Crippen molar-refractivity contribution in [2.75, 3.05) is 26.2 Å². The summed E-state index contributed by atoms with van der Waals surface area (Å²) in [6.07, 6.45) is 17.1. The Kier molecular flexibility index (Phi) is 8.75. The van der Waals surface area contributed by atoms with Crippen LogP contribution in [0.25, 0.3) is 0 Å². The number of hydrogen-bond acceptors (Lipinski definition) is 2. The highest BCUT2D eigenvalue weighted by atomic mass is 35.5. The Bertz CT molecular complexity index is 495. The van der Waals surface area contributed by atoms with Crippen molar-refractivity contribution in [2.24, 2.45) is 17.3 Å². The number of alkyl halides is 1. The van der Waals surface area contributed by atoms with Gasteiger partial charge in [0.05, 0.1) is 0 Å². The standard InChI is InChI=1S/C25H45ClN2/c1-4-5-10-23(27-17-20-8-6-7-9-20)18-28-16-15-24(25(2,3)19-28)21-11-13-22(26)14-12-21/h11,20,22-24,27H,4-10,12-19H2,1-3H3/t22?,23-,24?/m1/s1. The topological polar surface area (TPSA) is 15.3 Å². The van der Waals surface area contributed by atoms with Crippen molar-refractivity contribution in [3.8, 4) is 0 Å². The third-order valence-electron chi connectivity index (χ3n) is 7.69. The SMILES string of the molecule is CCCC[C@H](CN1CCC(C2=CCC(Cl)CC2)C(C)(C)C1)NCC1CCCC1. The Hall–Kier alpha value is -0.0500. The van der Waals surface area contributed by atoms with Gasteiger partial charge in [-0.1, -0.05) is 58.1 Å². The van der Waals surface area contributed by atoms with Crippen LogP contribution in [0, 0.1) is 17.3 Å². The van der Waals surface area contributed by atoms with Gasteiger partial charge in [0.1, 0.15) is 0 Å². The predicted octanol–water partition coefficient (Wildman–Crippen LogP) is 6.39. The molecular formula is C25H45ClN2. The molecule has 2 fully saturated rings. The molecule has 28 heavy (non-hydrogen) atoms. The summed E-state index contributed by atoms with van der Waals surface area (Å²) in [5.74, 6) is 1.70. The van der Waals surface area contributed by atoms with Gasteiger partial charge < -0.3 is 10.2 Å². The van der Waals surface area contributed by atoms with Gasteiger partial charge in [-0.25, -0.2) is 0 Å². The molecule has 0 aromatic rings. The molecule has 1 saturated heterocycles. The summed E-state index contributed by atoms with van der Waals surface area (Å²) < 4.78 is 0. The van der Waals surface area contributed by atoms with Crippen LogP contribution in [0.15, 0.2) is 11.6 Å². The average Bonchev–Trinajstić information content (AvgIpc) is 3.18. The molecule has 3 rings (SSSR count). The minimum Gasteiger partial charge on any atom is -0.312 e. The molecule has 1 saturated carbocycles. The lowest BCUT2D eigenvalue weighted by Gasteiger charge is -2.47. The molecule has 162 valence electrons. The van der Waals surface area contributed by atoms with Crippen LogP contribution in [0.2, 0.25) is 0 Å². The summed E-state index contributed by atoms with van der Waals surface area (Å²) in [6, 6.07) is 0.679. The number of allylic oxidation sites excluding steroid dienone is 2. The summed E-state index contributed by atoms with van der Waals surface area (Å²) >= 11 is 6.33. The number of piperidine rings is 1.